The molecule has 0 radical (unpaired) electrons. The smallest absolute Gasteiger partial charge is 0.267 e. The molecule has 3 rings (SSSR count). The molecule has 0 saturated heterocycles. The first-order valence-corrected chi connectivity index (χ1v) is 10.6. The van der Waals surface area contributed by atoms with Gasteiger partial charge in [0.25, 0.3) is 5.56 Å². The Labute approximate surface area is 178 Å². The molecule has 30 heavy (non-hydrogen) atoms. The summed E-state index contributed by atoms with van der Waals surface area (Å²) in [6, 6.07) is 13.2. The van der Waals surface area contributed by atoms with Crippen molar-refractivity contribution in [2.45, 2.75) is 23.4 Å². The van der Waals surface area contributed by atoms with E-state index in [0.29, 0.717) is 16.5 Å². The fourth-order valence-electron chi connectivity index (χ4n) is 2.67. The second-order valence-corrected chi connectivity index (χ2v) is 8.69. The van der Waals surface area contributed by atoms with Crippen LogP contribution in [0.5, 0.6) is 5.75 Å². The van der Waals surface area contributed by atoms with E-state index >= 15 is 0 Å². The Morgan fingerprint density at radius 3 is 2.60 bits per heavy atom. The molecule has 0 spiro atoms. The number of benzene rings is 2. The number of nitrogens with one attached hydrogen (secondary N) is 1. The van der Waals surface area contributed by atoms with Crippen molar-refractivity contribution < 1.29 is 17.9 Å². The summed E-state index contributed by atoms with van der Waals surface area (Å²) in [5.41, 5.74) is 0.547. The maximum Gasteiger partial charge on any atom is 0.267 e. The zero-order valence-electron chi connectivity index (χ0n) is 16.1. The minimum absolute atomic E-state index is 0.0533. The van der Waals surface area contributed by atoms with Gasteiger partial charge in [0, 0.05) is 11.8 Å². The van der Waals surface area contributed by atoms with Crippen LogP contribution in [0.3, 0.4) is 0 Å². The molecule has 0 fully saturated rings. The molecule has 0 aliphatic heterocycles. The lowest BCUT2D eigenvalue weighted by Crippen LogP contribution is -2.30. The number of methoxy groups -OCH3 is 1. The molecule has 0 unspecified atom stereocenters. The summed E-state index contributed by atoms with van der Waals surface area (Å²) in [4.78, 5) is 24.5. The highest BCUT2D eigenvalue weighted by atomic mass is 35.5. The number of anilines is 1. The number of halogens is 1. The van der Waals surface area contributed by atoms with Gasteiger partial charge in [-0.3, -0.25) is 9.59 Å². The van der Waals surface area contributed by atoms with E-state index in [1.54, 1.807) is 31.2 Å². The molecular weight excluding hydrogens is 430 g/mol. The summed E-state index contributed by atoms with van der Waals surface area (Å²) in [7, 11) is -2.48. The maximum absolute atomic E-state index is 12.8. The van der Waals surface area contributed by atoms with Crippen LogP contribution in [0.2, 0.25) is 5.02 Å². The van der Waals surface area contributed by atoms with Crippen molar-refractivity contribution >= 4 is 33.0 Å². The van der Waals surface area contributed by atoms with Crippen LogP contribution in [0.25, 0.3) is 0 Å². The van der Waals surface area contributed by atoms with Gasteiger partial charge in [0.2, 0.25) is 15.7 Å². The first-order chi connectivity index (χ1) is 14.2. The molecule has 3 aromatic rings. The monoisotopic (exact) mass is 447 g/mol. The summed E-state index contributed by atoms with van der Waals surface area (Å²) >= 11 is 6.03. The van der Waals surface area contributed by atoms with Crippen LogP contribution < -0.4 is 15.6 Å². The normalized spacial score (nSPS) is 11.2. The minimum atomic E-state index is -3.94. The Morgan fingerprint density at radius 1 is 1.17 bits per heavy atom. The predicted molar refractivity (Wildman–Crippen MR) is 112 cm³/mol. The molecule has 1 N–H and O–H groups in total. The van der Waals surface area contributed by atoms with E-state index in [2.05, 4.69) is 10.4 Å². The number of hydrogen-bond donors (Lipinski definition) is 1. The number of nitrogens with zero attached hydrogens (tertiary/aromatic N) is 2. The molecule has 156 valence electrons. The number of amides is 1. The molecule has 0 saturated carbocycles. The van der Waals surface area contributed by atoms with Gasteiger partial charge >= 0.3 is 0 Å². The Balaban J connectivity index is 1.84. The standard InChI is InChI=1S/C20H18ClN3O5S/c1-13-4-3-5-15(10-13)30(27,28)19-8-9-20(26)24(23-19)12-18(25)22-14-6-7-17(29-2)16(21)11-14/h3-11H,12H2,1-2H3,(H,22,25). The van der Waals surface area contributed by atoms with E-state index in [1.807, 2.05) is 0 Å². The number of sulfone groups is 1. The number of carbonyl (C=O) groups is 1. The lowest BCUT2D eigenvalue weighted by Gasteiger charge is -2.10. The highest BCUT2D eigenvalue weighted by Gasteiger charge is 2.21. The first kappa shape index (κ1) is 21.5. The Hall–Kier alpha value is -3.17. The molecule has 0 atom stereocenters. The number of aromatic nitrogens is 2. The Kier molecular flexibility index (Phi) is 6.23. The van der Waals surface area contributed by atoms with Gasteiger partial charge in [-0.1, -0.05) is 23.7 Å². The minimum Gasteiger partial charge on any atom is -0.495 e. The van der Waals surface area contributed by atoms with E-state index in [-0.39, 0.29) is 9.92 Å². The number of aryl methyl sites for hydroxylation is 1. The van der Waals surface area contributed by atoms with Crippen molar-refractivity contribution in [1.29, 1.82) is 0 Å². The Bertz CT molecular complexity index is 1270. The highest BCUT2D eigenvalue weighted by molar-refractivity contribution is 7.91. The van der Waals surface area contributed by atoms with Crippen LogP contribution in [0.1, 0.15) is 5.56 Å². The van der Waals surface area contributed by atoms with E-state index in [4.69, 9.17) is 16.3 Å². The van der Waals surface area contributed by atoms with Crippen molar-refractivity contribution in [2.75, 3.05) is 12.4 Å². The SMILES string of the molecule is COc1ccc(NC(=O)Cn2nc(S(=O)(=O)c3cccc(C)c3)ccc2=O)cc1Cl. The second kappa shape index (κ2) is 8.68. The molecular formula is C20H18ClN3O5S. The Morgan fingerprint density at radius 2 is 1.93 bits per heavy atom. The fraction of sp³-hybridized carbons (Fsp3) is 0.150. The van der Waals surface area contributed by atoms with Gasteiger partial charge in [0.1, 0.15) is 12.3 Å². The van der Waals surface area contributed by atoms with Gasteiger partial charge in [0.05, 0.1) is 17.0 Å². The molecule has 10 heteroatoms. The van der Waals surface area contributed by atoms with Gasteiger partial charge in [-0.05, 0) is 48.9 Å². The van der Waals surface area contributed by atoms with Crippen molar-refractivity contribution in [3.8, 4) is 5.75 Å². The summed E-state index contributed by atoms with van der Waals surface area (Å²) < 4.78 is 31.5. The summed E-state index contributed by atoms with van der Waals surface area (Å²) in [6.45, 7) is 1.29. The summed E-state index contributed by atoms with van der Waals surface area (Å²) in [5.74, 6) is -0.127. The molecule has 2 aromatic carbocycles. The first-order valence-electron chi connectivity index (χ1n) is 8.74. The van der Waals surface area contributed by atoms with E-state index in [1.165, 1.54) is 25.3 Å². The van der Waals surface area contributed by atoms with Gasteiger partial charge in [0.15, 0.2) is 5.03 Å². The number of hydrogen-bond acceptors (Lipinski definition) is 6. The average molecular weight is 448 g/mol. The highest BCUT2D eigenvalue weighted by Crippen LogP contribution is 2.27. The van der Waals surface area contributed by atoms with Crippen LogP contribution in [-0.4, -0.2) is 31.2 Å². The maximum atomic E-state index is 12.8. The number of carbonyl (C=O) groups excluding carboxylic acids is 1. The molecule has 1 aromatic heterocycles. The fourth-order valence-corrected chi connectivity index (χ4v) is 4.22. The number of ether oxygens (including phenoxy) is 1. The van der Waals surface area contributed by atoms with Gasteiger partial charge in [-0.15, -0.1) is 0 Å². The van der Waals surface area contributed by atoms with Gasteiger partial charge < -0.3 is 10.1 Å². The molecule has 0 aliphatic rings. The van der Waals surface area contributed by atoms with Crippen molar-refractivity contribution in [3.05, 3.63) is 75.5 Å². The van der Waals surface area contributed by atoms with Crippen LogP contribution in [0.15, 0.2) is 69.3 Å². The van der Waals surface area contributed by atoms with E-state index in [9.17, 15) is 18.0 Å². The lowest BCUT2D eigenvalue weighted by atomic mass is 10.2. The van der Waals surface area contributed by atoms with Crippen LogP contribution in [-0.2, 0) is 21.2 Å². The van der Waals surface area contributed by atoms with Crippen LogP contribution in [0.4, 0.5) is 5.69 Å². The molecule has 0 aliphatic carbocycles. The summed E-state index contributed by atoms with van der Waals surface area (Å²) in [6.07, 6.45) is 0. The zero-order chi connectivity index (χ0) is 21.9. The third-order valence-corrected chi connectivity index (χ3v) is 6.08. The van der Waals surface area contributed by atoms with Crippen LogP contribution >= 0.6 is 11.6 Å². The predicted octanol–water partition coefficient (Wildman–Crippen LogP) is 2.69. The zero-order valence-corrected chi connectivity index (χ0v) is 17.7. The molecule has 1 heterocycles. The van der Waals surface area contributed by atoms with Crippen molar-refractivity contribution in [1.82, 2.24) is 9.78 Å². The largest absolute Gasteiger partial charge is 0.495 e. The van der Waals surface area contributed by atoms with Gasteiger partial charge in [-0.25, -0.2) is 13.1 Å². The van der Waals surface area contributed by atoms with E-state index in [0.717, 1.165) is 22.4 Å². The molecule has 1 amide bonds. The second-order valence-electron chi connectivity index (χ2n) is 6.38. The average Bonchev–Trinajstić information content (AvgIpc) is 2.69. The third kappa shape index (κ3) is 4.69. The third-order valence-electron chi connectivity index (χ3n) is 4.15. The number of rotatable bonds is 6. The molecule has 0 bridgehead atoms. The van der Waals surface area contributed by atoms with E-state index < -0.39 is 27.8 Å². The van der Waals surface area contributed by atoms with Crippen LogP contribution in [0, 0.1) is 6.92 Å². The quantitative estimate of drug-likeness (QED) is 0.622. The van der Waals surface area contributed by atoms with Crippen molar-refractivity contribution in [2.24, 2.45) is 0 Å². The summed E-state index contributed by atoms with van der Waals surface area (Å²) in [5, 5.41) is 6.44. The van der Waals surface area contributed by atoms with Gasteiger partial charge in [-0.2, -0.15) is 5.10 Å². The molecule has 8 nitrogen and oxygen atoms in total. The lowest BCUT2D eigenvalue weighted by molar-refractivity contribution is -0.117. The topological polar surface area (TPSA) is 107 Å². The van der Waals surface area contributed by atoms with Crippen molar-refractivity contribution in [3.63, 3.8) is 0 Å².